The number of hydrogen-bond acceptors (Lipinski definition) is 8. The molecular formula is C19H21N5O3. The number of aliphatic hydroxyl groups excluding tert-OH is 1. The van der Waals surface area contributed by atoms with Crippen LogP contribution in [0.25, 0.3) is 11.6 Å². The second-order valence-corrected chi connectivity index (χ2v) is 6.50. The lowest BCUT2D eigenvalue weighted by Crippen LogP contribution is -2.44. The SMILES string of the molecule is COC1(c2ccccc2)CCN(c2ccc(-c3nc(CO)no3)nn2)CC1. The maximum Gasteiger partial charge on any atom is 0.278 e. The van der Waals surface area contributed by atoms with Gasteiger partial charge in [0.2, 0.25) is 0 Å². The molecule has 1 saturated heterocycles. The van der Waals surface area contributed by atoms with Crippen molar-refractivity contribution in [1.29, 1.82) is 0 Å². The minimum absolute atomic E-state index is 0.226. The van der Waals surface area contributed by atoms with Crippen molar-refractivity contribution in [2.45, 2.75) is 25.0 Å². The average Bonchev–Trinajstić information content (AvgIpc) is 3.24. The molecular weight excluding hydrogens is 346 g/mol. The first kappa shape index (κ1) is 17.6. The zero-order chi connectivity index (χ0) is 18.7. The third-order valence-corrected chi connectivity index (χ3v) is 5.06. The van der Waals surface area contributed by atoms with Crippen molar-refractivity contribution < 1.29 is 14.4 Å². The molecule has 0 amide bonds. The predicted octanol–water partition coefficient (Wildman–Crippen LogP) is 2.16. The van der Waals surface area contributed by atoms with Crippen molar-refractivity contribution in [2.75, 3.05) is 25.1 Å². The summed E-state index contributed by atoms with van der Waals surface area (Å²) in [6.07, 6.45) is 1.75. The van der Waals surface area contributed by atoms with Crippen molar-refractivity contribution in [2.24, 2.45) is 0 Å². The Morgan fingerprint density at radius 2 is 1.89 bits per heavy atom. The van der Waals surface area contributed by atoms with Gasteiger partial charge in [0.1, 0.15) is 6.61 Å². The highest BCUT2D eigenvalue weighted by atomic mass is 16.5. The minimum Gasteiger partial charge on any atom is -0.388 e. The van der Waals surface area contributed by atoms with Crippen LogP contribution in [0.4, 0.5) is 5.82 Å². The fourth-order valence-corrected chi connectivity index (χ4v) is 3.48. The number of piperidine rings is 1. The summed E-state index contributed by atoms with van der Waals surface area (Å²) < 4.78 is 11.0. The number of ether oxygens (including phenoxy) is 1. The highest BCUT2D eigenvalue weighted by molar-refractivity contribution is 5.49. The van der Waals surface area contributed by atoms with Crippen molar-refractivity contribution in [3.8, 4) is 11.6 Å². The van der Waals surface area contributed by atoms with E-state index in [4.69, 9.17) is 14.4 Å². The zero-order valence-electron chi connectivity index (χ0n) is 15.1. The molecule has 27 heavy (non-hydrogen) atoms. The van der Waals surface area contributed by atoms with E-state index in [1.165, 1.54) is 5.56 Å². The highest BCUT2D eigenvalue weighted by Crippen LogP contribution is 2.37. The fraction of sp³-hybridized carbons (Fsp3) is 0.368. The summed E-state index contributed by atoms with van der Waals surface area (Å²) in [7, 11) is 1.78. The number of aliphatic hydroxyl groups is 1. The zero-order valence-corrected chi connectivity index (χ0v) is 15.1. The van der Waals surface area contributed by atoms with Crippen LogP contribution in [0.5, 0.6) is 0 Å². The van der Waals surface area contributed by atoms with E-state index in [0.29, 0.717) is 5.69 Å². The minimum atomic E-state index is -0.272. The van der Waals surface area contributed by atoms with Gasteiger partial charge in [0.25, 0.3) is 5.89 Å². The van der Waals surface area contributed by atoms with Crippen LogP contribution in [-0.2, 0) is 16.9 Å². The number of nitrogens with zero attached hydrogens (tertiary/aromatic N) is 5. The second kappa shape index (κ2) is 7.42. The van der Waals surface area contributed by atoms with Crippen LogP contribution < -0.4 is 4.90 Å². The Labute approximate surface area is 156 Å². The Balaban J connectivity index is 1.46. The quantitative estimate of drug-likeness (QED) is 0.733. The molecule has 8 heteroatoms. The highest BCUT2D eigenvalue weighted by Gasteiger charge is 2.36. The van der Waals surface area contributed by atoms with Gasteiger partial charge in [-0.05, 0) is 30.5 Å². The number of anilines is 1. The first-order valence-corrected chi connectivity index (χ1v) is 8.87. The number of aromatic nitrogens is 4. The standard InChI is InChI=1S/C19H21N5O3/c1-26-19(14-5-3-2-4-6-14)9-11-24(12-10-19)17-8-7-15(21-22-17)18-20-16(13-25)23-27-18/h2-8,25H,9-13H2,1H3. The van der Waals surface area contributed by atoms with Gasteiger partial charge in [-0.2, -0.15) is 4.98 Å². The summed E-state index contributed by atoms with van der Waals surface area (Å²) in [5, 5.41) is 21.2. The van der Waals surface area contributed by atoms with E-state index in [1.54, 1.807) is 13.2 Å². The molecule has 3 aromatic rings. The van der Waals surface area contributed by atoms with E-state index in [0.717, 1.165) is 31.7 Å². The predicted molar refractivity (Wildman–Crippen MR) is 97.8 cm³/mol. The van der Waals surface area contributed by atoms with Crippen molar-refractivity contribution >= 4 is 5.82 Å². The third kappa shape index (κ3) is 3.41. The molecule has 1 aromatic carbocycles. The van der Waals surface area contributed by atoms with Gasteiger partial charge in [0.15, 0.2) is 17.3 Å². The summed E-state index contributed by atoms with van der Waals surface area (Å²) in [6, 6.07) is 14.1. The summed E-state index contributed by atoms with van der Waals surface area (Å²) >= 11 is 0. The molecule has 1 aliphatic heterocycles. The van der Waals surface area contributed by atoms with E-state index in [-0.39, 0.29) is 23.9 Å². The molecule has 0 radical (unpaired) electrons. The lowest BCUT2D eigenvalue weighted by atomic mass is 9.84. The van der Waals surface area contributed by atoms with Gasteiger partial charge in [-0.25, -0.2) is 0 Å². The Kier molecular flexibility index (Phi) is 4.83. The number of benzene rings is 1. The van der Waals surface area contributed by atoms with Gasteiger partial charge in [0.05, 0.1) is 5.60 Å². The van der Waals surface area contributed by atoms with Crippen LogP contribution in [0.1, 0.15) is 24.2 Å². The van der Waals surface area contributed by atoms with Crippen LogP contribution in [0.2, 0.25) is 0 Å². The molecule has 0 unspecified atom stereocenters. The number of methoxy groups -OCH3 is 1. The Morgan fingerprint density at radius 1 is 1.11 bits per heavy atom. The number of hydrogen-bond donors (Lipinski definition) is 1. The molecule has 1 aliphatic rings. The van der Waals surface area contributed by atoms with Crippen molar-refractivity contribution in [3.63, 3.8) is 0 Å². The van der Waals surface area contributed by atoms with Gasteiger partial charge in [-0.3, -0.25) is 0 Å². The van der Waals surface area contributed by atoms with Gasteiger partial charge in [-0.1, -0.05) is 35.5 Å². The van der Waals surface area contributed by atoms with E-state index in [1.807, 2.05) is 24.3 Å². The summed E-state index contributed by atoms with van der Waals surface area (Å²) in [5.41, 5.74) is 1.44. The van der Waals surface area contributed by atoms with E-state index < -0.39 is 0 Å². The van der Waals surface area contributed by atoms with E-state index in [2.05, 4.69) is 37.4 Å². The molecule has 2 aromatic heterocycles. The van der Waals surface area contributed by atoms with Crippen LogP contribution in [-0.4, -0.2) is 45.6 Å². The Hall–Kier alpha value is -2.84. The van der Waals surface area contributed by atoms with Crippen molar-refractivity contribution in [3.05, 3.63) is 53.9 Å². The lowest BCUT2D eigenvalue weighted by molar-refractivity contribution is -0.0347. The smallest absolute Gasteiger partial charge is 0.278 e. The second-order valence-electron chi connectivity index (χ2n) is 6.50. The van der Waals surface area contributed by atoms with Crippen LogP contribution in [0.15, 0.2) is 47.0 Å². The summed E-state index contributed by atoms with van der Waals surface area (Å²) in [4.78, 5) is 6.24. The van der Waals surface area contributed by atoms with Crippen LogP contribution >= 0.6 is 0 Å². The first-order chi connectivity index (χ1) is 13.2. The van der Waals surface area contributed by atoms with Crippen molar-refractivity contribution in [1.82, 2.24) is 20.3 Å². The fourth-order valence-electron chi connectivity index (χ4n) is 3.48. The molecule has 8 nitrogen and oxygen atoms in total. The van der Waals surface area contributed by atoms with E-state index in [9.17, 15) is 0 Å². The number of rotatable bonds is 5. The molecule has 1 fully saturated rings. The molecule has 0 saturated carbocycles. The van der Waals surface area contributed by atoms with Crippen LogP contribution in [0.3, 0.4) is 0 Å². The Bertz CT molecular complexity index is 874. The molecule has 3 heterocycles. The molecule has 1 N–H and O–H groups in total. The summed E-state index contributed by atoms with van der Waals surface area (Å²) in [6.45, 7) is 1.38. The first-order valence-electron chi connectivity index (χ1n) is 8.87. The monoisotopic (exact) mass is 367 g/mol. The molecule has 140 valence electrons. The van der Waals surface area contributed by atoms with Gasteiger partial charge in [-0.15, -0.1) is 10.2 Å². The third-order valence-electron chi connectivity index (χ3n) is 5.06. The van der Waals surface area contributed by atoms with Gasteiger partial charge >= 0.3 is 0 Å². The largest absolute Gasteiger partial charge is 0.388 e. The summed E-state index contributed by atoms with van der Waals surface area (Å²) in [5.74, 6) is 1.28. The topological polar surface area (TPSA) is 97.4 Å². The van der Waals surface area contributed by atoms with Gasteiger partial charge in [0, 0.05) is 20.2 Å². The Morgan fingerprint density at radius 3 is 2.48 bits per heavy atom. The van der Waals surface area contributed by atoms with E-state index >= 15 is 0 Å². The maximum absolute atomic E-state index is 9.02. The molecule has 0 spiro atoms. The average molecular weight is 367 g/mol. The van der Waals surface area contributed by atoms with Gasteiger partial charge < -0.3 is 19.3 Å². The lowest BCUT2D eigenvalue weighted by Gasteiger charge is -2.41. The maximum atomic E-state index is 9.02. The normalized spacial score (nSPS) is 16.4. The molecule has 0 atom stereocenters. The molecule has 0 bridgehead atoms. The molecule has 0 aliphatic carbocycles. The van der Waals surface area contributed by atoms with Crippen LogP contribution in [0, 0.1) is 0 Å². The molecule has 4 rings (SSSR count).